The Balaban J connectivity index is 1.82. The van der Waals surface area contributed by atoms with Gasteiger partial charge in [0.1, 0.15) is 6.54 Å². The smallest absolute Gasteiger partial charge is 0.356 e. The van der Waals surface area contributed by atoms with Crippen molar-refractivity contribution in [2.24, 2.45) is 5.92 Å². The van der Waals surface area contributed by atoms with E-state index in [0.717, 1.165) is 31.6 Å². The zero-order valence-corrected chi connectivity index (χ0v) is 11.0. The molecule has 1 aromatic heterocycles. The molecule has 0 spiro atoms. The third kappa shape index (κ3) is 3.81. The Morgan fingerprint density at radius 3 is 2.68 bits per heavy atom. The van der Waals surface area contributed by atoms with Crippen LogP contribution in [0.15, 0.2) is 12.3 Å². The number of carboxylic acids is 1. The topological polar surface area (TPSA) is 84.2 Å². The van der Waals surface area contributed by atoms with Crippen molar-refractivity contribution in [1.82, 2.24) is 15.1 Å². The second kappa shape index (κ2) is 5.86. The Labute approximate surface area is 111 Å². The first-order valence-electron chi connectivity index (χ1n) is 6.60. The van der Waals surface area contributed by atoms with Gasteiger partial charge in [-0.2, -0.15) is 5.10 Å². The summed E-state index contributed by atoms with van der Waals surface area (Å²) < 4.78 is 1.35. The molecule has 2 N–H and O–H groups in total. The quantitative estimate of drug-likeness (QED) is 0.858. The van der Waals surface area contributed by atoms with Crippen LogP contribution >= 0.6 is 0 Å². The van der Waals surface area contributed by atoms with Crippen molar-refractivity contribution < 1.29 is 14.7 Å². The Kier molecular flexibility index (Phi) is 4.19. The predicted octanol–water partition coefficient (Wildman–Crippen LogP) is 1.28. The van der Waals surface area contributed by atoms with Crippen LogP contribution in [-0.4, -0.2) is 32.8 Å². The number of amides is 1. The summed E-state index contributed by atoms with van der Waals surface area (Å²) >= 11 is 0. The summed E-state index contributed by atoms with van der Waals surface area (Å²) in [5.41, 5.74) is -0.0423. The van der Waals surface area contributed by atoms with Crippen LogP contribution in [0.25, 0.3) is 0 Å². The highest BCUT2D eigenvalue weighted by Crippen LogP contribution is 2.23. The molecule has 0 radical (unpaired) electrons. The van der Waals surface area contributed by atoms with Gasteiger partial charge in [0.2, 0.25) is 5.91 Å². The highest BCUT2D eigenvalue weighted by atomic mass is 16.4. The van der Waals surface area contributed by atoms with Crippen LogP contribution < -0.4 is 5.32 Å². The molecule has 104 valence electrons. The minimum absolute atomic E-state index is 0.0423. The summed E-state index contributed by atoms with van der Waals surface area (Å²) in [6, 6.07) is 1.64. The van der Waals surface area contributed by atoms with Crippen molar-refractivity contribution in [1.29, 1.82) is 0 Å². The number of carbonyl (C=O) groups excluding carboxylic acids is 1. The van der Waals surface area contributed by atoms with Gasteiger partial charge in [0, 0.05) is 12.2 Å². The Morgan fingerprint density at radius 1 is 1.42 bits per heavy atom. The summed E-state index contributed by atoms with van der Waals surface area (Å²) in [6.45, 7) is 2.30. The number of hydrogen-bond acceptors (Lipinski definition) is 3. The standard InChI is InChI=1S/C13H19N3O3/c1-9-2-4-10(5-3-9)14-12(17)8-16-7-6-11(15-16)13(18)19/h6-7,9-10H,2-5,8H2,1H3,(H,14,17)(H,18,19). The summed E-state index contributed by atoms with van der Waals surface area (Å²) in [4.78, 5) is 22.5. The van der Waals surface area contributed by atoms with E-state index in [1.807, 2.05) is 0 Å². The highest BCUT2D eigenvalue weighted by Gasteiger charge is 2.20. The van der Waals surface area contributed by atoms with Crippen molar-refractivity contribution in [3.8, 4) is 0 Å². The van der Waals surface area contributed by atoms with Crippen molar-refractivity contribution in [2.45, 2.75) is 45.2 Å². The summed E-state index contributed by atoms with van der Waals surface area (Å²) in [5.74, 6) is -0.447. The third-order valence-corrected chi connectivity index (χ3v) is 3.55. The lowest BCUT2D eigenvalue weighted by molar-refractivity contribution is -0.122. The molecule has 0 saturated heterocycles. The van der Waals surface area contributed by atoms with Gasteiger partial charge < -0.3 is 10.4 Å². The van der Waals surface area contributed by atoms with E-state index in [1.54, 1.807) is 0 Å². The van der Waals surface area contributed by atoms with E-state index in [9.17, 15) is 9.59 Å². The number of aromatic nitrogens is 2. The third-order valence-electron chi connectivity index (χ3n) is 3.55. The fourth-order valence-corrected chi connectivity index (χ4v) is 2.39. The number of nitrogens with one attached hydrogen (secondary N) is 1. The summed E-state index contributed by atoms with van der Waals surface area (Å²) in [5, 5.41) is 15.5. The van der Waals surface area contributed by atoms with Gasteiger partial charge in [-0.05, 0) is 37.7 Å². The minimum Gasteiger partial charge on any atom is -0.476 e. The van der Waals surface area contributed by atoms with Gasteiger partial charge in [-0.1, -0.05) is 6.92 Å². The summed E-state index contributed by atoms with van der Waals surface area (Å²) in [6.07, 6.45) is 5.84. The maximum Gasteiger partial charge on any atom is 0.356 e. The van der Waals surface area contributed by atoms with Crippen LogP contribution in [0.5, 0.6) is 0 Å². The second-order valence-corrected chi connectivity index (χ2v) is 5.23. The molecule has 1 amide bonds. The van der Waals surface area contributed by atoms with Crippen LogP contribution in [0.4, 0.5) is 0 Å². The first-order valence-corrected chi connectivity index (χ1v) is 6.60. The van der Waals surface area contributed by atoms with Crippen molar-refractivity contribution in [3.63, 3.8) is 0 Å². The van der Waals surface area contributed by atoms with Crippen molar-refractivity contribution in [2.75, 3.05) is 0 Å². The van der Waals surface area contributed by atoms with Gasteiger partial charge in [0.25, 0.3) is 0 Å². The number of carbonyl (C=O) groups is 2. The molecule has 0 aliphatic heterocycles. The van der Waals surface area contributed by atoms with E-state index in [2.05, 4.69) is 17.3 Å². The summed E-state index contributed by atoms with van der Waals surface area (Å²) in [7, 11) is 0. The molecule has 0 unspecified atom stereocenters. The fourth-order valence-electron chi connectivity index (χ4n) is 2.39. The first kappa shape index (κ1) is 13.6. The number of hydrogen-bond donors (Lipinski definition) is 2. The second-order valence-electron chi connectivity index (χ2n) is 5.23. The average molecular weight is 265 g/mol. The molecule has 2 rings (SSSR count). The molecule has 1 saturated carbocycles. The molecular formula is C13H19N3O3. The molecule has 0 atom stereocenters. The lowest BCUT2D eigenvalue weighted by atomic mass is 9.87. The van der Waals surface area contributed by atoms with Crippen LogP contribution in [0.2, 0.25) is 0 Å². The normalized spacial score (nSPS) is 23.0. The van der Waals surface area contributed by atoms with E-state index >= 15 is 0 Å². The maximum absolute atomic E-state index is 11.8. The molecule has 19 heavy (non-hydrogen) atoms. The van der Waals surface area contributed by atoms with Crippen molar-refractivity contribution >= 4 is 11.9 Å². The van der Waals surface area contributed by atoms with E-state index in [-0.39, 0.29) is 24.2 Å². The molecule has 1 aliphatic carbocycles. The molecule has 1 aromatic rings. The Bertz CT molecular complexity index is 461. The number of rotatable bonds is 4. The largest absolute Gasteiger partial charge is 0.476 e. The van der Waals surface area contributed by atoms with E-state index < -0.39 is 5.97 Å². The lowest BCUT2D eigenvalue weighted by Gasteiger charge is -2.26. The van der Waals surface area contributed by atoms with Gasteiger partial charge in [-0.3, -0.25) is 9.48 Å². The Morgan fingerprint density at radius 2 is 2.11 bits per heavy atom. The zero-order valence-electron chi connectivity index (χ0n) is 11.0. The number of aromatic carboxylic acids is 1. The van der Waals surface area contributed by atoms with Crippen LogP contribution in [0, 0.1) is 5.92 Å². The lowest BCUT2D eigenvalue weighted by Crippen LogP contribution is -2.39. The minimum atomic E-state index is -1.08. The molecule has 1 heterocycles. The van der Waals surface area contributed by atoms with Gasteiger partial charge in [-0.15, -0.1) is 0 Å². The maximum atomic E-state index is 11.8. The Hall–Kier alpha value is -1.85. The molecule has 1 fully saturated rings. The van der Waals surface area contributed by atoms with Gasteiger partial charge in [-0.25, -0.2) is 4.79 Å². The molecular weight excluding hydrogens is 246 g/mol. The monoisotopic (exact) mass is 265 g/mol. The van der Waals surface area contributed by atoms with E-state index in [1.165, 1.54) is 16.9 Å². The number of nitrogens with zero attached hydrogens (tertiary/aromatic N) is 2. The van der Waals surface area contributed by atoms with Gasteiger partial charge in [0.05, 0.1) is 0 Å². The van der Waals surface area contributed by atoms with Crippen molar-refractivity contribution in [3.05, 3.63) is 18.0 Å². The van der Waals surface area contributed by atoms with Gasteiger partial charge in [0.15, 0.2) is 5.69 Å². The molecule has 6 nitrogen and oxygen atoms in total. The average Bonchev–Trinajstić information content (AvgIpc) is 2.80. The van der Waals surface area contributed by atoms with E-state index in [0.29, 0.717) is 0 Å². The fraction of sp³-hybridized carbons (Fsp3) is 0.615. The van der Waals surface area contributed by atoms with Crippen LogP contribution in [0.1, 0.15) is 43.1 Å². The molecule has 6 heteroatoms. The molecule has 1 aliphatic rings. The van der Waals surface area contributed by atoms with Crippen LogP contribution in [-0.2, 0) is 11.3 Å². The SMILES string of the molecule is CC1CCC(NC(=O)Cn2ccc(C(=O)O)n2)CC1. The highest BCUT2D eigenvalue weighted by molar-refractivity contribution is 5.85. The first-order chi connectivity index (χ1) is 9.04. The zero-order chi connectivity index (χ0) is 13.8. The molecule has 0 bridgehead atoms. The predicted molar refractivity (Wildman–Crippen MR) is 68.7 cm³/mol. The van der Waals surface area contributed by atoms with Crippen LogP contribution in [0.3, 0.4) is 0 Å². The molecule has 0 aromatic carbocycles. The van der Waals surface area contributed by atoms with Gasteiger partial charge >= 0.3 is 5.97 Å². The number of carboxylic acid groups (broad SMARTS) is 1. The van der Waals surface area contributed by atoms with E-state index in [4.69, 9.17) is 5.11 Å².